The summed E-state index contributed by atoms with van der Waals surface area (Å²) in [5.41, 5.74) is 0.196. The Morgan fingerprint density at radius 2 is 2.12 bits per heavy atom. The van der Waals surface area contributed by atoms with Crippen LogP contribution in [-0.2, 0) is 5.60 Å². The molecule has 0 saturated carbocycles. The average molecular weight is 252 g/mol. The van der Waals surface area contributed by atoms with E-state index >= 15 is 0 Å². The lowest BCUT2D eigenvalue weighted by Gasteiger charge is -2.29. The van der Waals surface area contributed by atoms with Gasteiger partial charge in [0, 0.05) is 10.8 Å². The van der Waals surface area contributed by atoms with E-state index in [0.29, 0.717) is 0 Å². The Morgan fingerprint density at radius 3 is 2.71 bits per heavy atom. The van der Waals surface area contributed by atoms with Crippen molar-refractivity contribution in [3.05, 3.63) is 29.8 Å². The minimum absolute atomic E-state index is 0.129. The highest BCUT2D eigenvalue weighted by molar-refractivity contribution is 8.00. The van der Waals surface area contributed by atoms with E-state index in [4.69, 9.17) is 4.74 Å². The fraction of sp³-hybridized carbons (Fsp3) is 0.571. The summed E-state index contributed by atoms with van der Waals surface area (Å²) in [6.45, 7) is 6.10. The zero-order valence-electron chi connectivity index (χ0n) is 10.6. The van der Waals surface area contributed by atoms with Crippen LogP contribution < -0.4 is 4.74 Å². The zero-order valence-corrected chi connectivity index (χ0v) is 11.5. The van der Waals surface area contributed by atoms with Gasteiger partial charge in [-0.15, -0.1) is 0 Å². The number of aliphatic hydroxyl groups is 1. The fourth-order valence-corrected chi connectivity index (χ4v) is 3.57. The number of hydrogen-bond acceptors (Lipinski definition) is 3. The van der Waals surface area contributed by atoms with E-state index in [2.05, 4.69) is 6.92 Å². The molecule has 0 bridgehead atoms. The fourth-order valence-electron chi connectivity index (χ4n) is 2.27. The SMILES string of the molecule is CC(C)Oc1ccccc1C1(O)CCSC1C. The van der Waals surface area contributed by atoms with Crippen LogP contribution in [0.3, 0.4) is 0 Å². The van der Waals surface area contributed by atoms with Crippen molar-refractivity contribution in [1.82, 2.24) is 0 Å². The maximum absolute atomic E-state index is 10.8. The molecule has 2 nitrogen and oxygen atoms in total. The molecule has 2 atom stereocenters. The Kier molecular flexibility index (Phi) is 3.69. The van der Waals surface area contributed by atoms with Gasteiger partial charge in [0.1, 0.15) is 11.4 Å². The number of para-hydroxylation sites is 1. The molecular weight excluding hydrogens is 232 g/mol. The Hall–Kier alpha value is -0.670. The van der Waals surface area contributed by atoms with Crippen LogP contribution in [0.1, 0.15) is 32.8 Å². The van der Waals surface area contributed by atoms with Gasteiger partial charge in [0.05, 0.1) is 6.10 Å². The Labute approximate surface area is 107 Å². The molecule has 1 aromatic rings. The third kappa shape index (κ3) is 2.45. The molecule has 1 aromatic carbocycles. The van der Waals surface area contributed by atoms with Crippen LogP contribution in [-0.4, -0.2) is 22.2 Å². The Balaban J connectivity index is 2.37. The van der Waals surface area contributed by atoms with E-state index in [1.807, 2.05) is 49.9 Å². The van der Waals surface area contributed by atoms with Gasteiger partial charge in [-0.2, -0.15) is 11.8 Å². The van der Waals surface area contributed by atoms with E-state index in [0.717, 1.165) is 23.5 Å². The maximum atomic E-state index is 10.8. The van der Waals surface area contributed by atoms with Gasteiger partial charge < -0.3 is 9.84 Å². The summed E-state index contributed by atoms with van der Waals surface area (Å²) in [4.78, 5) is 0. The third-order valence-corrected chi connectivity index (χ3v) is 4.57. The summed E-state index contributed by atoms with van der Waals surface area (Å²) < 4.78 is 5.80. The Bertz CT molecular complexity index is 392. The lowest BCUT2D eigenvalue weighted by Crippen LogP contribution is -2.32. The normalized spacial score (nSPS) is 28.6. The lowest BCUT2D eigenvalue weighted by molar-refractivity contribution is 0.0385. The van der Waals surface area contributed by atoms with Crippen LogP contribution >= 0.6 is 11.8 Å². The second-order valence-electron chi connectivity index (χ2n) is 4.85. The molecule has 2 rings (SSSR count). The molecule has 0 aromatic heterocycles. The summed E-state index contributed by atoms with van der Waals surface area (Å²) >= 11 is 1.82. The highest BCUT2D eigenvalue weighted by atomic mass is 32.2. The van der Waals surface area contributed by atoms with Gasteiger partial charge in [-0.05, 0) is 32.1 Å². The molecule has 0 aliphatic carbocycles. The summed E-state index contributed by atoms with van der Waals surface area (Å²) in [7, 11) is 0. The predicted molar refractivity (Wildman–Crippen MR) is 72.6 cm³/mol. The molecule has 0 spiro atoms. The number of rotatable bonds is 3. The second-order valence-corrected chi connectivity index (χ2v) is 6.30. The predicted octanol–water partition coefficient (Wildman–Crippen LogP) is 3.19. The summed E-state index contributed by atoms with van der Waals surface area (Å²) in [5.74, 6) is 1.83. The van der Waals surface area contributed by atoms with Crippen molar-refractivity contribution >= 4 is 11.8 Å². The van der Waals surface area contributed by atoms with Gasteiger partial charge in [-0.25, -0.2) is 0 Å². The van der Waals surface area contributed by atoms with Gasteiger partial charge in [0.2, 0.25) is 0 Å². The maximum Gasteiger partial charge on any atom is 0.125 e. The monoisotopic (exact) mass is 252 g/mol. The first-order chi connectivity index (χ1) is 8.04. The molecule has 0 radical (unpaired) electrons. The third-order valence-electron chi connectivity index (χ3n) is 3.24. The van der Waals surface area contributed by atoms with Crippen molar-refractivity contribution in [1.29, 1.82) is 0 Å². The van der Waals surface area contributed by atoms with Crippen molar-refractivity contribution < 1.29 is 9.84 Å². The quantitative estimate of drug-likeness (QED) is 0.896. The molecule has 3 heteroatoms. The highest BCUT2D eigenvalue weighted by Gasteiger charge is 2.42. The standard InChI is InChI=1S/C14H20O2S/c1-10(2)16-13-7-5-4-6-12(13)14(15)8-9-17-11(14)3/h4-7,10-11,15H,8-9H2,1-3H3. The van der Waals surface area contributed by atoms with Gasteiger partial charge in [-0.1, -0.05) is 25.1 Å². The average Bonchev–Trinajstić information content (AvgIpc) is 2.60. The summed E-state index contributed by atoms with van der Waals surface area (Å²) in [5, 5.41) is 11.0. The molecule has 2 unspecified atom stereocenters. The second kappa shape index (κ2) is 4.91. The summed E-state index contributed by atoms with van der Waals surface area (Å²) in [6, 6.07) is 7.86. The van der Waals surface area contributed by atoms with Crippen molar-refractivity contribution in [3.8, 4) is 5.75 Å². The van der Waals surface area contributed by atoms with E-state index in [1.54, 1.807) is 0 Å². The van der Waals surface area contributed by atoms with Crippen LogP contribution in [0.5, 0.6) is 5.75 Å². The Morgan fingerprint density at radius 1 is 1.41 bits per heavy atom. The zero-order chi connectivity index (χ0) is 12.5. The molecule has 1 N–H and O–H groups in total. The molecule has 1 aliphatic rings. The molecule has 17 heavy (non-hydrogen) atoms. The lowest BCUT2D eigenvalue weighted by atomic mass is 9.88. The van der Waals surface area contributed by atoms with Crippen molar-refractivity contribution in [2.75, 3.05) is 5.75 Å². The van der Waals surface area contributed by atoms with E-state index < -0.39 is 5.60 Å². The van der Waals surface area contributed by atoms with Crippen molar-refractivity contribution in [2.45, 2.75) is 44.1 Å². The van der Waals surface area contributed by atoms with Crippen LogP contribution in [0.25, 0.3) is 0 Å². The topological polar surface area (TPSA) is 29.5 Å². The number of thioether (sulfide) groups is 1. The largest absolute Gasteiger partial charge is 0.491 e. The van der Waals surface area contributed by atoms with Crippen LogP contribution in [0.2, 0.25) is 0 Å². The van der Waals surface area contributed by atoms with Gasteiger partial charge >= 0.3 is 0 Å². The van der Waals surface area contributed by atoms with E-state index in [9.17, 15) is 5.11 Å². The molecule has 1 fully saturated rings. The highest BCUT2D eigenvalue weighted by Crippen LogP contribution is 2.46. The van der Waals surface area contributed by atoms with Crippen molar-refractivity contribution in [2.24, 2.45) is 0 Å². The first kappa shape index (κ1) is 12.8. The molecule has 1 saturated heterocycles. The molecule has 1 heterocycles. The minimum atomic E-state index is -0.740. The van der Waals surface area contributed by atoms with Gasteiger partial charge in [0.25, 0.3) is 0 Å². The van der Waals surface area contributed by atoms with Crippen molar-refractivity contribution in [3.63, 3.8) is 0 Å². The molecular formula is C14H20O2S. The van der Waals surface area contributed by atoms with Crippen LogP contribution in [0.15, 0.2) is 24.3 Å². The number of hydrogen-bond donors (Lipinski definition) is 1. The van der Waals surface area contributed by atoms with Crippen LogP contribution in [0, 0.1) is 0 Å². The molecule has 1 aliphatic heterocycles. The smallest absolute Gasteiger partial charge is 0.125 e. The van der Waals surface area contributed by atoms with Crippen LogP contribution in [0.4, 0.5) is 0 Å². The molecule has 0 amide bonds. The molecule has 94 valence electrons. The van der Waals surface area contributed by atoms with E-state index in [-0.39, 0.29) is 11.4 Å². The van der Waals surface area contributed by atoms with Gasteiger partial charge in [-0.3, -0.25) is 0 Å². The first-order valence-electron chi connectivity index (χ1n) is 6.14. The minimum Gasteiger partial charge on any atom is -0.491 e. The number of benzene rings is 1. The number of ether oxygens (including phenoxy) is 1. The van der Waals surface area contributed by atoms with Gasteiger partial charge in [0.15, 0.2) is 0 Å². The van der Waals surface area contributed by atoms with E-state index in [1.165, 1.54) is 0 Å². The summed E-state index contributed by atoms with van der Waals surface area (Å²) in [6.07, 6.45) is 0.932. The first-order valence-corrected chi connectivity index (χ1v) is 7.19.